The lowest BCUT2D eigenvalue weighted by Gasteiger charge is -2.07. The lowest BCUT2D eigenvalue weighted by Crippen LogP contribution is -2.27. The van der Waals surface area contributed by atoms with Crippen molar-refractivity contribution in [1.29, 1.82) is 0 Å². The molecule has 4 heteroatoms. The third-order valence-corrected chi connectivity index (χ3v) is 1.50. The molecule has 0 fully saturated rings. The van der Waals surface area contributed by atoms with Gasteiger partial charge in [0.1, 0.15) is 0 Å². The van der Waals surface area contributed by atoms with E-state index < -0.39 is 0 Å². The summed E-state index contributed by atoms with van der Waals surface area (Å²) in [4.78, 5) is 3.95. The van der Waals surface area contributed by atoms with Crippen LogP contribution in [-0.2, 0) is 0 Å². The minimum Gasteiger partial charge on any atom is -0.363 e. The highest BCUT2D eigenvalue weighted by atomic mass is 32.1. The van der Waals surface area contributed by atoms with Gasteiger partial charge in [0.15, 0.2) is 5.11 Å². The van der Waals surface area contributed by atoms with E-state index in [-0.39, 0.29) is 0 Å². The first-order valence-electron chi connectivity index (χ1n) is 3.78. The largest absolute Gasteiger partial charge is 0.363 e. The van der Waals surface area contributed by atoms with Crippen LogP contribution in [0.2, 0.25) is 0 Å². The predicted molar refractivity (Wildman–Crippen MR) is 54.1 cm³/mol. The van der Waals surface area contributed by atoms with E-state index in [1.165, 1.54) is 0 Å². The number of thiocarbonyl (C=S) groups is 1. The highest BCUT2D eigenvalue weighted by molar-refractivity contribution is 7.80. The Balaban J connectivity index is 2.47. The van der Waals surface area contributed by atoms with Crippen LogP contribution in [0, 0.1) is 0 Å². The van der Waals surface area contributed by atoms with Crippen LogP contribution in [0.5, 0.6) is 0 Å². The van der Waals surface area contributed by atoms with Crippen LogP contribution in [0.4, 0.5) is 5.69 Å². The summed E-state index contributed by atoms with van der Waals surface area (Å²) in [7, 11) is 0. The van der Waals surface area contributed by atoms with E-state index in [1.807, 2.05) is 19.1 Å². The number of anilines is 1. The van der Waals surface area contributed by atoms with Gasteiger partial charge >= 0.3 is 0 Å². The first kappa shape index (κ1) is 8.93. The number of pyridine rings is 1. The average Bonchev–Trinajstić information content (AvgIpc) is 2.06. The Morgan fingerprint density at radius 2 is 2.50 bits per heavy atom. The number of aromatic nitrogens is 1. The number of hydrogen-bond acceptors (Lipinski definition) is 2. The molecular formula is C8H11N3S. The fourth-order valence-electron chi connectivity index (χ4n) is 0.773. The van der Waals surface area contributed by atoms with Crippen LogP contribution in [0.1, 0.15) is 6.92 Å². The van der Waals surface area contributed by atoms with Crippen LogP contribution in [0.25, 0.3) is 0 Å². The topological polar surface area (TPSA) is 37.0 Å². The molecular weight excluding hydrogens is 170 g/mol. The lowest BCUT2D eigenvalue weighted by atomic mass is 10.4. The molecule has 0 saturated heterocycles. The molecule has 0 radical (unpaired) electrons. The van der Waals surface area contributed by atoms with Gasteiger partial charge in [-0.3, -0.25) is 4.98 Å². The van der Waals surface area contributed by atoms with Gasteiger partial charge in [0.25, 0.3) is 0 Å². The molecule has 0 aromatic carbocycles. The van der Waals surface area contributed by atoms with Crippen LogP contribution in [0.15, 0.2) is 24.5 Å². The van der Waals surface area contributed by atoms with Gasteiger partial charge in [-0.1, -0.05) is 0 Å². The Labute approximate surface area is 77.2 Å². The van der Waals surface area contributed by atoms with Crippen LogP contribution in [-0.4, -0.2) is 16.6 Å². The van der Waals surface area contributed by atoms with Gasteiger partial charge in [-0.2, -0.15) is 0 Å². The molecule has 12 heavy (non-hydrogen) atoms. The lowest BCUT2D eigenvalue weighted by molar-refractivity contribution is 0.979. The fourth-order valence-corrected chi connectivity index (χ4v) is 1.03. The summed E-state index contributed by atoms with van der Waals surface area (Å²) in [5.74, 6) is 0. The molecule has 64 valence electrons. The molecule has 0 saturated carbocycles. The van der Waals surface area contributed by atoms with Crippen molar-refractivity contribution >= 4 is 23.0 Å². The van der Waals surface area contributed by atoms with Gasteiger partial charge < -0.3 is 10.6 Å². The van der Waals surface area contributed by atoms with E-state index in [2.05, 4.69) is 15.6 Å². The summed E-state index contributed by atoms with van der Waals surface area (Å²) in [5, 5.41) is 6.62. The summed E-state index contributed by atoms with van der Waals surface area (Å²) < 4.78 is 0. The number of rotatable bonds is 2. The molecule has 2 N–H and O–H groups in total. The third kappa shape index (κ3) is 2.84. The van der Waals surface area contributed by atoms with Crippen molar-refractivity contribution in [3.63, 3.8) is 0 Å². The maximum absolute atomic E-state index is 4.99. The fraction of sp³-hybridized carbons (Fsp3) is 0.250. The molecule has 1 aromatic rings. The quantitative estimate of drug-likeness (QED) is 0.676. The van der Waals surface area contributed by atoms with Gasteiger partial charge in [0.05, 0.1) is 11.9 Å². The number of nitrogens with zero attached hydrogens (tertiary/aromatic N) is 1. The molecule has 0 atom stereocenters. The van der Waals surface area contributed by atoms with E-state index >= 15 is 0 Å². The Morgan fingerprint density at radius 3 is 3.08 bits per heavy atom. The zero-order valence-electron chi connectivity index (χ0n) is 6.87. The van der Waals surface area contributed by atoms with Crippen molar-refractivity contribution in [3.8, 4) is 0 Å². The summed E-state index contributed by atoms with van der Waals surface area (Å²) >= 11 is 4.99. The normalized spacial score (nSPS) is 9.08. The molecule has 3 nitrogen and oxygen atoms in total. The second-order valence-electron chi connectivity index (χ2n) is 2.23. The van der Waals surface area contributed by atoms with Crippen molar-refractivity contribution in [2.24, 2.45) is 0 Å². The molecule has 0 aliphatic heterocycles. The van der Waals surface area contributed by atoms with E-state index in [1.54, 1.807) is 12.4 Å². The SMILES string of the molecule is CCNC(=S)Nc1cccnc1. The average molecular weight is 181 g/mol. The maximum Gasteiger partial charge on any atom is 0.170 e. The Kier molecular flexibility index (Phi) is 3.47. The molecule has 0 unspecified atom stereocenters. The van der Waals surface area contributed by atoms with Crippen molar-refractivity contribution in [3.05, 3.63) is 24.5 Å². The smallest absolute Gasteiger partial charge is 0.170 e. The number of hydrogen-bond donors (Lipinski definition) is 2. The molecule has 0 aliphatic carbocycles. The maximum atomic E-state index is 4.99. The van der Waals surface area contributed by atoms with E-state index in [0.29, 0.717) is 5.11 Å². The molecule has 1 heterocycles. The van der Waals surface area contributed by atoms with Gasteiger partial charge in [0, 0.05) is 12.7 Å². The van der Waals surface area contributed by atoms with Crippen molar-refractivity contribution in [2.45, 2.75) is 6.92 Å². The molecule has 0 bridgehead atoms. The third-order valence-electron chi connectivity index (χ3n) is 1.26. The minimum atomic E-state index is 0.630. The first-order valence-corrected chi connectivity index (χ1v) is 4.18. The zero-order chi connectivity index (χ0) is 8.81. The van der Waals surface area contributed by atoms with Crippen molar-refractivity contribution in [1.82, 2.24) is 10.3 Å². The van der Waals surface area contributed by atoms with Crippen LogP contribution in [0.3, 0.4) is 0 Å². The Hall–Kier alpha value is -1.16. The Morgan fingerprint density at radius 1 is 1.67 bits per heavy atom. The first-order chi connectivity index (χ1) is 5.83. The van der Waals surface area contributed by atoms with Crippen molar-refractivity contribution in [2.75, 3.05) is 11.9 Å². The van der Waals surface area contributed by atoms with Crippen LogP contribution < -0.4 is 10.6 Å². The molecule has 0 amide bonds. The molecule has 0 aliphatic rings. The van der Waals surface area contributed by atoms with E-state index in [4.69, 9.17) is 12.2 Å². The monoisotopic (exact) mass is 181 g/mol. The van der Waals surface area contributed by atoms with Crippen molar-refractivity contribution < 1.29 is 0 Å². The summed E-state index contributed by atoms with van der Waals surface area (Å²) in [5.41, 5.74) is 0.906. The molecule has 0 spiro atoms. The number of nitrogens with one attached hydrogen (secondary N) is 2. The minimum absolute atomic E-state index is 0.630. The second-order valence-corrected chi connectivity index (χ2v) is 2.63. The molecule has 1 rings (SSSR count). The van der Waals surface area contributed by atoms with Gasteiger partial charge in [-0.15, -0.1) is 0 Å². The molecule has 1 aromatic heterocycles. The highest BCUT2D eigenvalue weighted by Gasteiger charge is 1.93. The van der Waals surface area contributed by atoms with Gasteiger partial charge in [-0.25, -0.2) is 0 Å². The van der Waals surface area contributed by atoms with Crippen LogP contribution >= 0.6 is 12.2 Å². The highest BCUT2D eigenvalue weighted by Crippen LogP contribution is 2.01. The standard InChI is InChI=1S/C8H11N3S/c1-2-10-8(12)11-7-4-3-5-9-6-7/h3-6H,2H2,1H3,(H2,10,11,12). The van der Waals surface area contributed by atoms with E-state index in [9.17, 15) is 0 Å². The Bertz CT molecular complexity index is 248. The summed E-state index contributed by atoms with van der Waals surface area (Å²) in [6.07, 6.45) is 3.45. The predicted octanol–water partition coefficient (Wildman–Crippen LogP) is 1.39. The summed E-state index contributed by atoms with van der Waals surface area (Å²) in [6.45, 7) is 2.82. The second kappa shape index (κ2) is 4.66. The summed E-state index contributed by atoms with van der Waals surface area (Å²) in [6, 6.07) is 3.77. The van der Waals surface area contributed by atoms with Gasteiger partial charge in [0.2, 0.25) is 0 Å². The van der Waals surface area contributed by atoms with E-state index in [0.717, 1.165) is 12.2 Å². The zero-order valence-corrected chi connectivity index (χ0v) is 7.69. The van der Waals surface area contributed by atoms with Gasteiger partial charge in [-0.05, 0) is 31.3 Å².